The van der Waals surface area contributed by atoms with Gasteiger partial charge in [-0.1, -0.05) is 37.3 Å². The van der Waals surface area contributed by atoms with E-state index in [0.717, 1.165) is 12.1 Å². The second kappa shape index (κ2) is 4.90. The molecule has 2 heteroatoms. The zero-order valence-corrected chi connectivity index (χ0v) is 9.48. The van der Waals surface area contributed by atoms with E-state index in [1.807, 2.05) is 18.3 Å². The number of aromatic nitrogens is 1. The molecule has 0 aliphatic carbocycles. The van der Waals surface area contributed by atoms with Crippen LogP contribution in [0.2, 0.25) is 0 Å². The zero-order valence-electron chi connectivity index (χ0n) is 9.48. The van der Waals surface area contributed by atoms with E-state index < -0.39 is 0 Å². The lowest BCUT2D eigenvalue weighted by Gasteiger charge is -2.15. The predicted molar refractivity (Wildman–Crippen MR) is 68.4 cm³/mol. The van der Waals surface area contributed by atoms with Crippen molar-refractivity contribution >= 4 is 10.9 Å². The Bertz CT molecular complexity index is 486. The molecule has 2 nitrogen and oxygen atoms in total. The highest BCUT2D eigenvalue weighted by molar-refractivity contribution is 5.82. The Kier molecular flexibility index (Phi) is 3.32. The minimum absolute atomic E-state index is 0.170. The molecule has 0 fully saturated rings. The first kappa shape index (κ1) is 10.8. The molecule has 0 aliphatic rings. The SMILES string of the molecule is C=CC(NCC)c1cccc2cccnc12. The van der Waals surface area contributed by atoms with Crippen LogP contribution >= 0.6 is 0 Å². The van der Waals surface area contributed by atoms with Crippen molar-refractivity contribution in [2.75, 3.05) is 6.54 Å². The first-order valence-electron chi connectivity index (χ1n) is 5.56. The van der Waals surface area contributed by atoms with Crippen molar-refractivity contribution < 1.29 is 0 Å². The van der Waals surface area contributed by atoms with Crippen LogP contribution in [0.5, 0.6) is 0 Å². The second-order valence-electron chi connectivity index (χ2n) is 3.69. The van der Waals surface area contributed by atoms with Crippen LogP contribution in [0.3, 0.4) is 0 Å². The van der Waals surface area contributed by atoms with Gasteiger partial charge in [0.15, 0.2) is 0 Å². The number of nitrogens with zero attached hydrogens (tertiary/aromatic N) is 1. The van der Waals surface area contributed by atoms with Crippen LogP contribution in [0, 0.1) is 0 Å². The molecule has 0 amide bonds. The lowest BCUT2D eigenvalue weighted by molar-refractivity contribution is 0.652. The van der Waals surface area contributed by atoms with Gasteiger partial charge in [-0.2, -0.15) is 0 Å². The Hall–Kier alpha value is -1.67. The maximum Gasteiger partial charge on any atom is 0.0752 e. The van der Waals surface area contributed by atoms with Crippen molar-refractivity contribution in [2.45, 2.75) is 13.0 Å². The Balaban J connectivity index is 2.54. The highest BCUT2D eigenvalue weighted by Crippen LogP contribution is 2.22. The number of para-hydroxylation sites is 1. The van der Waals surface area contributed by atoms with Gasteiger partial charge in [0.05, 0.1) is 11.6 Å². The molecule has 16 heavy (non-hydrogen) atoms. The average Bonchev–Trinajstić information content (AvgIpc) is 2.35. The van der Waals surface area contributed by atoms with Gasteiger partial charge in [0.1, 0.15) is 0 Å². The molecule has 1 unspecified atom stereocenters. The van der Waals surface area contributed by atoms with Gasteiger partial charge in [0, 0.05) is 11.6 Å². The monoisotopic (exact) mass is 212 g/mol. The van der Waals surface area contributed by atoms with E-state index >= 15 is 0 Å². The Morgan fingerprint density at radius 1 is 1.38 bits per heavy atom. The third-order valence-electron chi connectivity index (χ3n) is 2.66. The third kappa shape index (κ3) is 1.97. The van der Waals surface area contributed by atoms with Crippen molar-refractivity contribution in [2.24, 2.45) is 0 Å². The summed E-state index contributed by atoms with van der Waals surface area (Å²) in [4.78, 5) is 4.44. The molecule has 82 valence electrons. The number of rotatable bonds is 4. The number of benzene rings is 1. The quantitative estimate of drug-likeness (QED) is 0.788. The summed E-state index contributed by atoms with van der Waals surface area (Å²) in [5.74, 6) is 0. The fourth-order valence-electron chi connectivity index (χ4n) is 1.92. The minimum atomic E-state index is 0.170. The zero-order chi connectivity index (χ0) is 11.4. The smallest absolute Gasteiger partial charge is 0.0752 e. The number of hydrogen-bond acceptors (Lipinski definition) is 2. The maximum atomic E-state index is 4.44. The van der Waals surface area contributed by atoms with Crippen molar-refractivity contribution in [3.8, 4) is 0 Å². The van der Waals surface area contributed by atoms with Gasteiger partial charge >= 0.3 is 0 Å². The lowest BCUT2D eigenvalue weighted by atomic mass is 10.0. The topological polar surface area (TPSA) is 24.9 Å². The maximum absolute atomic E-state index is 4.44. The summed E-state index contributed by atoms with van der Waals surface area (Å²) >= 11 is 0. The average molecular weight is 212 g/mol. The lowest BCUT2D eigenvalue weighted by Crippen LogP contribution is -2.19. The van der Waals surface area contributed by atoms with Crippen LogP contribution in [0.15, 0.2) is 49.2 Å². The van der Waals surface area contributed by atoms with Gasteiger partial charge in [0.2, 0.25) is 0 Å². The molecule has 2 aromatic rings. The number of fused-ring (bicyclic) bond motifs is 1. The van der Waals surface area contributed by atoms with Gasteiger partial charge < -0.3 is 5.32 Å². The van der Waals surface area contributed by atoms with Crippen molar-refractivity contribution in [1.29, 1.82) is 0 Å². The van der Waals surface area contributed by atoms with E-state index in [0.29, 0.717) is 0 Å². The Labute approximate surface area is 96.0 Å². The van der Waals surface area contributed by atoms with Crippen molar-refractivity contribution in [1.82, 2.24) is 10.3 Å². The van der Waals surface area contributed by atoms with Gasteiger partial charge in [0.25, 0.3) is 0 Å². The first-order chi connectivity index (χ1) is 7.86. The number of likely N-dealkylation sites (N-methyl/N-ethyl adjacent to an activating group) is 1. The van der Waals surface area contributed by atoms with Crippen LogP contribution in [-0.2, 0) is 0 Å². The molecule has 1 heterocycles. The minimum Gasteiger partial charge on any atom is -0.307 e. The fraction of sp³-hybridized carbons (Fsp3) is 0.214. The van der Waals surface area contributed by atoms with E-state index in [1.165, 1.54) is 10.9 Å². The highest BCUT2D eigenvalue weighted by Gasteiger charge is 2.09. The van der Waals surface area contributed by atoms with Crippen LogP contribution in [0.1, 0.15) is 18.5 Å². The molecule has 1 N–H and O–H groups in total. The molecule has 0 spiro atoms. The van der Waals surface area contributed by atoms with Crippen molar-refractivity contribution in [3.63, 3.8) is 0 Å². The normalized spacial score (nSPS) is 12.6. The summed E-state index contributed by atoms with van der Waals surface area (Å²) in [6, 6.07) is 10.5. The molecule has 0 aliphatic heterocycles. The molecule has 1 aromatic carbocycles. The largest absolute Gasteiger partial charge is 0.307 e. The summed E-state index contributed by atoms with van der Waals surface area (Å²) < 4.78 is 0. The number of pyridine rings is 1. The van der Waals surface area contributed by atoms with Gasteiger partial charge in [-0.3, -0.25) is 4.98 Å². The number of hydrogen-bond donors (Lipinski definition) is 1. The van der Waals surface area contributed by atoms with Gasteiger partial charge in [-0.05, 0) is 18.2 Å². The van der Waals surface area contributed by atoms with Gasteiger partial charge in [-0.15, -0.1) is 6.58 Å². The van der Waals surface area contributed by atoms with Crippen LogP contribution < -0.4 is 5.32 Å². The molecule has 1 atom stereocenters. The summed E-state index contributed by atoms with van der Waals surface area (Å²) in [6.45, 7) is 6.88. The van der Waals surface area contributed by atoms with Crippen LogP contribution in [0.4, 0.5) is 0 Å². The molecular formula is C14H16N2. The summed E-state index contributed by atoms with van der Waals surface area (Å²) in [5.41, 5.74) is 2.24. The highest BCUT2D eigenvalue weighted by atomic mass is 14.9. The van der Waals surface area contributed by atoms with Crippen LogP contribution in [0.25, 0.3) is 10.9 Å². The molecule has 0 bridgehead atoms. The number of nitrogens with one attached hydrogen (secondary N) is 1. The standard InChI is InChI=1S/C14H16N2/c1-3-13(15-4-2)12-9-5-7-11-8-6-10-16-14(11)12/h3,5-10,13,15H,1,4H2,2H3. The van der Waals surface area contributed by atoms with E-state index in [9.17, 15) is 0 Å². The summed E-state index contributed by atoms with van der Waals surface area (Å²) in [6.07, 6.45) is 3.75. The Morgan fingerprint density at radius 3 is 2.94 bits per heavy atom. The van der Waals surface area contributed by atoms with E-state index in [1.54, 1.807) is 0 Å². The predicted octanol–water partition coefficient (Wildman–Crippen LogP) is 3.07. The van der Waals surface area contributed by atoms with Crippen LogP contribution in [-0.4, -0.2) is 11.5 Å². The molecule has 1 aromatic heterocycles. The molecule has 2 rings (SSSR count). The second-order valence-corrected chi connectivity index (χ2v) is 3.69. The fourth-order valence-corrected chi connectivity index (χ4v) is 1.92. The van der Waals surface area contributed by atoms with Gasteiger partial charge in [-0.25, -0.2) is 0 Å². The van der Waals surface area contributed by atoms with E-state index in [4.69, 9.17) is 0 Å². The summed E-state index contributed by atoms with van der Waals surface area (Å²) in [5, 5.41) is 4.55. The Morgan fingerprint density at radius 2 is 2.19 bits per heavy atom. The third-order valence-corrected chi connectivity index (χ3v) is 2.66. The molecule has 0 saturated heterocycles. The van der Waals surface area contributed by atoms with E-state index in [2.05, 4.69) is 48.1 Å². The first-order valence-corrected chi connectivity index (χ1v) is 5.56. The molecular weight excluding hydrogens is 196 g/mol. The molecule has 0 saturated carbocycles. The van der Waals surface area contributed by atoms with E-state index in [-0.39, 0.29) is 6.04 Å². The molecule has 0 radical (unpaired) electrons. The van der Waals surface area contributed by atoms with Crippen molar-refractivity contribution in [3.05, 3.63) is 54.7 Å². The summed E-state index contributed by atoms with van der Waals surface area (Å²) in [7, 11) is 0.